The first kappa shape index (κ1) is 18.0. The Morgan fingerprint density at radius 2 is 1.58 bits per heavy atom. The number of nitrogens with zero attached hydrogens (tertiary/aromatic N) is 1. The van der Waals surface area contributed by atoms with E-state index >= 15 is 0 Å². The number of hydrogen-bond donors (Lipinski definition) is 3. The van der Waals surface area contributed by atoms with Gasteiger partial charge in [0.2, 0.25) is 0 Å². The molecule has 24 heavy (non-hydrogen) atoms. The molecule has 0 bridgehead atoms. The molecular weight excluding hydrogens is 298 g/mol. The summed E-state index contributed by atoms with van der Waals surface area (Å²) < 4.78 is 0. The molecule has 4 N–H and O–H groups in total. The standard InChI is InChI=1S/C20H27N3O/c1-19(2,3)13-11-14(20(4,5)6)18(24)17(12-13)23-22-16-10-8-7-9-15(16)21/h7-12,24H,21H2,1-6H3/p+1. The predicted molar refractivity (Wildman–Crippen MR) is 99.1 cm³/mol. The maximum atomic E-state index is 10.7. The van der Waals surface area contributed by atoms with Crippen LogP contribution in [0.15, 0.2) is 41.5 Å². The van der Waals surface area contributed by atoms with Gasteiger partial charge in [-0.2, -0.15) is 0 Å². The number of nitrogen functional groups attached to an aromatic ring is 1. The Kier molecular flexibility index (Phi) is 4.70. The third-order valence-electron chi connectivity index (χ3n) is 4.02. The molecule has 0 saturated carbocycles. The average molecular weight is 326 g/mol. The Morgan fingerprint density at radius 3 is 2.12 bits per heavy atom. The minimum atomic E-state index is -0.179. The highest BCUT2D eigenvalue weighted by molar-refractivity contribution is 5.60. The summed E-state index contributed by atoms with van der Waals surface area (Å²) in [7, 11) is 0. The quantitative estimate of drug-likeness (QED) is 0.575. The molecule has 0 saturated heterocycles. The number of azo groups is 1. The van der Waals surface area contributed by atoms with Crippen molar-refractivity contribution >= 4 is 17.1 Å². The molecule has 0 aliphatic rings. The van der Waals surface area contributed by atoms with E-state index in [1.54, 1.807) is 0 Å². The van der Waals surface area contributed by atoms with Crippen molar-refractivity contribution in [2.75, 3.05) is 5.73 Å². The number of nitrogens with two attached hydrogens (primary N) is 1. The molecule has 0 spiro atoms. The SMILES string of the molecule is CC(C)(C)c1cc(N=[NH+]c2ccccc2N)c(O)c(C(C)(C)C)c1. The van der Waals surface area contributed by atoms with Gasteiger partial charge >= 0.3 is 0 Å². The van der Waals surface area contributed by atoms with Crippen LogP contribution in [0.2, 0.25) is 0 Å². The first-order chi connectivity index (χ1) is 11.0. The fourth-order valence-electron chi connectivity index (χ4n) is 2.43. The molecule has 2 aromatic carbocycles. The van der Waals surface area contributed by atoms with Crippen LogP contribution in [0, 0.1) is 0 Å². The second-order valence-electron chi connectivity index (χ2n) is 8.20. The van der Waals surface area contributed by atoms with Crippen molar-refractivity contribution in [1.82, 2.24) is 0 Å². The molecule has 4 nitrogen and oxygen atoms in total. The number of hydrogen-bond acceptors (Lipinski definition) is 3. The Bertz CT molecular complexity index is 765. The Balaban J connectivity index is 2.59. The molecule has 2 rings (SSSR count). The van der Waals surface area contributed by atoms with E-state index in [0.29, 0.717) is 11.4 Å². The topological polar surface area (TPSA) is 72.6 Å². The van der Waals surface area contributed by atoms with Crippen molar-refractivity contribution in [3.63, 3.8) is 0 Å². The van der Waals surface area contributed by atoms with Gasteiger partial charge in [0, 0.05) is 16.7 Å². The normalized spacial score (nSPS) is 12.8. The van der Waals surface area contributed by atoms with E-state index in [9.17, 15) is 5.11 Å². The summed E-state index contributed by atoms with van der Waals surface area (Å²) in [5.74, 6) is 0.206. The molecule has 0 fully saturated rings. The molecule has 128 valence electrons. The summed E-state index contributed by atoms with van der Waals surface area (Å²) in [6.45, 7) is 12.7. The van der Waals surface area contributed by atoms with Crippen LogP contribution in [-0.2, 0) is 10.8 Å². The van der Waals surface area contributed by atoms with Crippen LogP contribution >= 0.6 is 0 Å². The molecule has 2 aromatic rings. The van der Waals surface area contributed by atoms with Crippen molar-refractivity contribution in [1.29, 1.82) is 0 Å². The highest BCUT2D eigenvalue weighted by atomic mass is 16.3. The first-order valence-electron chi connectivity index (χ1n) is 8.19. The maximum absolute atomic E-state index is 10.7. The lowest BCUT2D eigenvalue weighted by molar-refractivity contribution is -0.432. The number of para-hydroxylation sites is 2. The van der Waals surface area contributed by atoms with Crippen molar-refractivity contribution in [3.8, 4) is 5.75 Å². The summed E-state index contributed by atoms with van der Waals surface area (Å²) in [5.41, 5.74) is 9.59. The van der Waals surface area contributed by atoms with E-state index in [1.807, 2.05) is 30.3 Å². The van der Waals surface area contributed by atoms with Crippen molar-refractivity contribution in [3.05, 3.63) is 47.5 Å². The van der Waals surface area contributed by atoms with Gasteiger partial charge in [-0.1, -0.05) is 64.9 Å². The number of phenols is 1. The van der Waals surface area contributed by atoms with Gasteiger partial charge in [-0.15, -0.1) is 0 Å². The van der Waals surface area contributed by atoms with Gasteiger partial charge in [-0.3, -0.25) is 0 Å². The number of phenolic OH excluding ortho intramolecular Hbond substituents is 1. The van der Waals surface area contributed by atoms with Crippen LogP contribution < -0.4 is 10.8 Å². The molecule has 0 aliphatic carbocycles. The highest BCUT2D eigenvalue weighted by Crippen LogP contribution is 2.41. The van der Waals surface area contributed by atoms with E-state index in [0.717, 1.165) is 16.8 Å². The lowest BCUT2D eigenvalue weighted by Crippen LogP contribution is -2.57. The largest absolute Gasteiger partial charge is 0.505 e. The zero-order valence-corrected chi connectivity index (χ0v) is 15.4. The maximum Gasteiger partial charge on any atom is 0.252 e. The van der Waals surface area contributed by atoms with E-state index in [-0.39, 0.29) is 16.6 Å². The van der Waals surface area contributed by atoms with Gasteiger partial charge in [0.1, 0.15) is 5.69 Å². The van der Waals surface area contributed by atoms with Crippen LogP contribution in [0.4, 0.5) is 17.1 Å². The Morgan fingerprint density at radius 1 is 0.958 bits per heavy atom. The smallest absolute Gasteiger partial charge is 0.252 e. The third-order valence-corrected chi connectivity index (χ3v) is 4.02. The van der Waals surface area contributed by atoms with E-state index in [1.165, 1.54) is 0 Å². The molecule has 0 radical (unpaired) electrons. The van der Waals surface area contributed by atoms with Gasteiger partial charge in [0.25, 0.3) is 5.69 Å². The molecule has 4 heteroatoms. The second-order valence-corrected chi connectivity index (χ2v) is 8.20. The molecule has 0 unspecified atom stereocenters. The van der Waals surface area contributed by atoms with Crippen LogP contribution in [-0.4, -0.2) is 5.11 Å². The minimum Gasteiger partial charge on any atom is -0.505 e. The summed E-state index contributed by atoms with van der Waals surface area (Å²) in [4.78, 5) is 0. The summed E-state index contributed by atoms with van der Waals surface area (Å²) in [6.07, 6.45) is 0. The monoisotopic (exact) mass is 326 g/mol. The van der Waals surface area contributed by atoms with Crippen molar-refractivity contribution < 1.29 is 10.2 Å². The van der Waals surface area contributed by atoms with E-state index in [4.69, 9.17) is 5.73 Å². The van der Waals surface area contributed by atoms with Crippen LogP contribution in [0.1, 0.15) is 52.7 Å². The van der Waals surface area contributed by atoms with Crippen LogP contribution in [0.5, 0.6) is 5.75 Å². The lowest BCUT2D eigenvalue weighted by atomic mass is 9.80. The zero-order valence-electron chi connectivity index (χ0n) is 15.4. The highest BCUT2D eigenvalue weighted by Gasteiger charge is 2.25. The fraction of sp³-hybridized carbons (Fsp3) is 0.400. The van der Waals surface area contributed by atoms with Gasteiger partial charge in [-0.25, -0.2) is 0 Å². The zero-order chi connectivity index (χ0) is 18.1. The number of rotatable bonds is 2. The van der Waals surface area contributed by atoms with E-state index in [2.05, 4.69) is 57.8 Å². The van der Waals surface area contributed by atoms with Crippen LogP contribution in [0.25, 0.3) is 0 Å². The lowest BCUT2D eigenvalue weighted by Gasteiger charge is -2.26. The fourth-order valence-corrected chi connectivity index (χ4v) is 2.43. The van der Waals surface area contributed by atoms with Gasteiger partial charge in [-0.05, 0) is 28.5 Å². The number of anilines is 1. The molecule has 0 amide bonds. The third kappa shape index (κ3) is 3.94. The summed E-state index contributed by atoms with van der Waals surface area (Å²) >= 11 is 0. The summed E-state index contributed by atoms with van der Waals surface area (Å²) in [5, 5.41) is 18.1. The number of aromatic hydroxyl groups is 1. The predicted octanol–water partition coefficient (Wildman–Crippen LogP) is 4.07. The average Bonchev–Trinajstić information content (AvgIpc) is 2.45. The minimum absolute atomic E-state index is 0.0380. The number of benzene rings is 2. The second kappa shape index (κ2) is 6.27. The van der Waals surface area contributed by atoms with Crippen LogP contribution in [0.3, 0.4) is 0 Å². The van der Waals surface area contributed by atoms with Gasteiger partial charge in [0.15, 0.2) is 11.4 Å². The first-order valence-corrected chi connectivity index (χ1v) is 8.19. The molecule has 0 aliphatic heterocycles. The van der Waals surface area contributed by atoms with E-state index < -0.39 is 0 Å². The molecule has 0 heterocycles. The number of nitrogens with one attached hydrogen (secondary N) is 1. The van der Waals surface area contributed by atoms with Gasteiger partial charge in [0.05, 0.1) is 0 Å². The Hall–Kier alpha value is -2.36. The molecule has 0 atom stereocenters. The van der Waals surface area contributed by atoms with Crippen molar-refractivity contribution in [2.24, 2.45) is 5.11 Å². The molecule has 0 aromatic heterocycles. The summed E-state index contributed by atoms with van der Waals surface area (Å²) in [6, 6.07) is 11.4. The Labute approximate surface area is 144 Å². The molecular formula is C20H28N3O+. The van der Waals surface area contributed by atoms with Gasteiger partial charge < -0.3 is 10.8 Å². The van der Waals surface area contributed by atoms with Crippen molar-refractivity contribution in [2.45, 2.75) is 52.4 Å².